The number of fused-ring (bicyclic) bond motifs is 1. The lowest BCUT2D eigenvalue weighted by molar-refractivity contribution is 0.0687. The van der Waals surface area contributed by atoms with Crippen molar-refractivity contribution in [2.75, 3.05) is 26.7 Å². The molecule has 1 saturated heterocycles. The van der Waals surface area contributed by atoms with Gasteiger partial charge in [-0.15, -0.1) is 0 Å². The summed E-state index contributed by atoms with van der Waals surface area (Å²) in [5.74, 6) is 0.727. The zero-order valence-corrected chi connectivity index (χ0v) is 11.7. The number of H-pyrrole nitrogens is 1. The van der Waals surface area contributed by atoms with Gasteiger partial charge in [-0.1, -0.05) is 18.2 Å². The molecule has 0 bridgehead atoms. The standard InChI is InChI=1S/C15H20N4O/c1-16-10-11-6-8-19(9-7-11)15(20)14-12-4-2-3-5-13(12)17-18-14/h2-5,11,16H,6-10H2,1H3,(H,17,18). The van der Waals surface area contributed by atoms with Crippen molar-refractivity contribution in [1.82, 2.24) is 20.4 Å². The van der Waals surface area contributed by atoms with Gasteiger partial charge < -0.3 is 10.2 Å². The molecule has 1 fully saturated rings. The van der Waals surface area contributed by atoms with Gasteiger partial charge in [0.05, 0.1) is 5.52 Å². The van der Waals surface area contributed by atoms with Crippen LogP contribution >= 0.6 is 0 Å². The zero-order chi connectivity index (χ0) is 13.9. The monoisotopic (exact) mass is 272 g/mol. The first kappa shape index (κ1) is 13.1. The van der Waals surface area contributed by atoms with E-state index in [-0.39, 0.29) is 5.91 Å². The van der Waals surface area contributed by atoms with Gasteiger partial charge >= 0.3 is 0 Å². The van der Waals surface area contributed by atoms with Gasteiger partial charge in [0.1, 0.15) is 0 Å². The Kier molecular flexibility index (Phi) is 3.69. The van der Waals surface area contributed by atoms with E-state index in [1.165, 1.54) is 0 Å². The first-order valence-electron chi connectivity index (χ1n) is 7.16. The van der Waals surface area contributed by atoms with Gasteiger partial charge in [-0.2, -0.15) is 5.10 Å². The lowest BCUT2D eigenvalue weighted by Crippen LogP contribution is -2.40. The van der Waals surface area contributed by atoms with Crippen molar-refractivity contribution in [1.29, 1.82) is 0 Å². The third-order valence-corrected chi connectivity index (χ3v) is 4.07. The molecule has 0 atom stereocenters. The Morgan fingerprint density at radius 3 is 2.90 bits per heavy atom. The molecule has 2 aromatic rings. The van der Waals surface area contributed by atoms with Gasteiger partial charge in [-0.25, -0.2) is 0 Å². The van der Waals surface area contributed by atoms with Crippen molar-refractivity contribution >= 4 is 16.8 Å². The number of nitrogens with zero attached hydrogens (tertiary/aromatic N) is 2. The number of carbonyl (C=O) groups is 1. The molecule has 0 radical (unpaired) electrons. The van der Waals surface area contributed by atoms with E-state index >= 15 is 0 Å². The average Bonchev–Trinajstić information content (AvgIpc) is 2.92. The summed E-state index contributed by atoms with van der Waals surface area (Å²) < 4.78 is 0. The number of likely N-dealkylation sites (tertiary alicyclic amines) is 1. The minimum atomic E-state index is 0.0466. The summed E-state index contributed by atoms with van der Waals surface area (Å²) >= 11 is 0. The molecule has 2 heterocycles. The van der Waals surface area contributed by atoms with Crippen molar-refractivity contribution in [2.24, 2.45) is 5.92 Å². The lowest BCUT2D eigenvalue weighted by Gasteiger charge is -2.31. The second-order valence-electron chi connectivity index (χ2n) is 5.41. The van der Waals surface area contributed by atoms with Crippen molar-refractivity contribution < 1.29 is 4.79 Å². The van der Waals surface area contributed by atoms with Gasteiger partial charge in [0, 0.05) is 18.5 Å². The maximum Gasteiger partial charge on any atom is 0.274 e. The number of amides is 1. The fourth-order valence-electron chi connectivity index (χ4n) is 2.91. The van der Waals surface area contributed by atoms with Crippen LogP contribution in [0.5, 0.6) is 0 Å². The second-order valence-corrected chi connectivity index (χ2v) is 5.41. The predicted octanol–water partition coefficient (Wildman–Crippen LogP) is 1.63. The highest BCUT2D eigenvalue weighted by molar-refractivity contribution is 6.04. The van der Waals surface area contributed by atoms with E-state index < -0.39 is 0 Å². The number of rotatable bonds is 3. The Morgan fingerprint density at radius 2 is 2.15 bits per heavy atom. The number of carbonyl (C=O) groups excluding carboxylic acids is 1. The molecule has 0 aliphatic carbocycles. The molecule has 1 aliphatic heterocycles. The number of piperidine rings is 1. The Labute approximate surface area is 118 Å². The van der Waals surface area contributed by atoms with E-state index in [1.807, 2.05) is 36.2 Å². The Morgan fingerprint density at radius 1 is 1.40 bits per heavy atom. The third kappa shape index (κ3) is 2.41. The number of benzene rings is 1. The van der Waals surface area contributed by atoms with Crippen LogP contribution in [0, 0.1) is 5.92 Å². The summed E-state index contributed by atoms with van der Waals surface area (Å²) in [6.07, 6.45) is 2.13. The number of hydrogen-bond acceptors (Lipinski definition) is 3. The molecule has 5 heteroatoms. The molecule has 3 rings (SSSR count). The molecule has 106 valence electrons. The van der Waals surface area contributed by atoms with E-state index in [4.69, 9.17) is 0 Å². The molecule has 0 unspecified atom stereocenters. The van der Waals surface area contributed by atoms with E-state index in [2.05, 4.69) is 15.5 Å². The van der Waals surface area contributed by atoms with E-state index in [9.17, 15) is 4.79 Å². The molecule has 1 aromatic heterocycles. The second kappa shape index (κ2) is 5.63. The summed E-state index contributed by atoms with van der Waals surface area (Å²) in [6.45, 7) is 2.69. The van der Waals surface area contributed by atoms with Gasteiger partial charge in [-0.3, -0.25) is 9.89 Å². The molecule has 1 amide bonds. The summed E-state index contributed by atoms with van der Waals surface area (Å²) in [5.41, 5.74) is 1.47. The largest absolute Gasteiger partial charge is 0.337 e. The van der Waals surface area contributed by atoms with Crippen molar-refractivity contribution in [3.8, 4) is 0 Å². The molecule has 5 nitrogen and oxygen atoms in total. The normalized spacial score (nSPS) is 16.8. The quantitative estimate of drug-likeness (QED) is 0.893. The lowest BCUT2D eigenvalue weighted by atomic mass is 9.96. The van der Waals surface area contributed by atoms with E-state index in [0.29, 0.717) is 11.6 Å². The average molecular weight is 272 g/mol. The maximum atomic E-state index is 12.6. The summed E-state index contributed by atoms with van der Waals surface area (Å²) in [7, 11) is 1.98. The first-order valence-corrected chi connectivity index (χ1v) is 7.16. The smallest absolute Gasteiger partial charge is 0.274 e. The number of aromatic nitrogens is 2. The van der Waals surface area contributed by atoms with Gasteiger partial charge in [-0.05, 0) is 38.4 Å². The Hall–Kier alpha value is -1.88. The summed E-state index contributed by atoms with van der Waals surface area (Å²) in [5, 5.41) is 11.3. The molecule has 0 spiro atoms. The number of nitrogens with one attached hydrogen (secondary N) is 2. The maximum absolute atomic E-state index is 12.6. The van der Waals surface area contributed by atoms with Crippen LogP contribution in [0.2, 0.25) is 0 Å². The predicted molar refractivity (Wildman–Crippen MR) is 78.6 cm³/mol. The SMILES string of the molecule is CNCC1CCN(C(=O)c2n[nH]c3ccccc23)CC1. The highest BCUT2D eigenvalue weighted by Crippen LogP contribution is 2.21. The molecule has 2 N–H and O–H groups in total. The minimum absolute atomic E-state index is 0.0466. The van der Waals surface area contributed by atoms with Crippen LogP contribution in [0.15, 0.2) is 24.3 Å². The van der Waals surface area contributed by atoms with Crippen LogP contribution < -0.4 is 5.32 Å². The molecule has 1 aromatic carbocycles. The van der Waals surface area contributed by atoms with Crippen molar-refractivity contribution in [2.45, 2.75) is 12.8 Å². The number of aromatic amines is 1. The third-order valence-electron chi connectivity index (χ3n) is 4.07. The summed E-state index contributed by atoms with van der Waals surface area (Å²) in [4.78, 5) is 14.5. The molecule has 1 aliphatic rings. The topological polar surface area (TPSA) is 61.0 Å². The molecular weight excluding hydrogens is 252 g/mol. The van der Waals surface area contributed by atoms with Crippen LogP contribution in [0.3, 0.4) is 0 Å². The van der Waals surface area contributed by atoms with Crippen LogP contribution in [-0.4, -0.2) is 47.7 Å². The van der Waals surface area contributed by atoms with E-state index in [0.717, 1.165) is 43.4 Å². The van der Waals surface area contributed by atoms with Crippen molar-refractivity contribution in [3.05, 3.63) is 30.0 Å². The van der Waals surface area contributed by atoms with Gasteiger partial charge in [0.25, 0.3) is 5.91 Å². The van der Waals surface area contributed by atoms with Gasteiger partial charge in [0.2, 0.25) is 0 Å². The molecule has 20 heavy (non-hydrogen) atoms. The highest BCUT2D eigenvalue weighted by atomic mass is 16.2. The zero-order valence-electron chi connectivity index (χ0n) is 11.7. The number of hydrogen-bond donors (Lipinski definition) is 2. The van der Waals surface area contributed by atoms with Crippen molar-refractivity contribution in [3.63, 3.8) is 0 Å². The first-order chi connectivity index (χ1) is 9.79. The summed E-state index contributed by atoms with van der Waals surface area (Å²) in [6, 6.07) is 7.77. The van der Waals surface area contributed by atoms with Crippen LogP contribution in [0.4, 0.5) is 0 Å². The fourth-order valence-corrected chi connectivity index (χ4v) is 2.91. The molecule has 0 saturated carbocycles. The van der Waals surface area contributed by atoms with Crippen LogP contribution in [0.1, 0.15) is 23.3 Å². The molecular formula is C15H20N4O. The minimum Gasteiger partial charge on any atom is -0.337 e. The highest BCUT2D eigenvalue weighted by Gasteiger charge is 2.25. The van der Waals surface area contributed by atoms with Crippen LogP contribution in [0.25, 0.3) is 10.9 Å². The Balaban J connectivity index is 1.74. The van der Waals surface area contributed by atoms with Crippen LogP contribution in [-0.2, 0) is 0 Å². The van der Waals surface area contributed by atoms with E-state index in [1.54, 1.807) is 0 Å². The fraction of sp³-hybridized carbons (Fsp3) is 0.467. The Bertz CT molecular complexity index is 599. The van der Waals surface area contributed by atoms with Gasteiger partial charge in [0.15, 0.2) is 5.69 Å². The number of para-hydroxylation sites is 1.